The largest absolute Gasteiger partial charge is 0.464 e. The minimum Gasteiger partial charge on any atom is -0.464 e. The number of rotatable bonds is 2. The molecule has 0 fully saturated rings. The molecule has 1 aromatic heterocycles. The van der Waals surface area contributed by atoms with E-state index in [4.69, 9.17) is 0 Å². The Morgan fingerprint density at radius 1 is 1.47 bits per heavy atom. The van der Waals surface area contributed by atoms with Gasteiger partial charge in [0.25, 0.3) is 0 Å². The first-order valence-electron chi connectivity index (χ1n) is 4.89. The van der Waals surface area contributed by atoms with E-state index >= 15 is 0 Å². The normalized spacial score (nSPS) is 10.3. The molecule has 0 unspecified atom stereocenters. The fraction of sp³-hybridized carbons (Fsp3) is 0.182. The zero-order valence-electron chi connectivity index (χ0n) is 9.35. The van der Waals surface area contributed by atoms with Gasteiger partial charge in [0.15, 0.2) is 5.69 Å². The van der Waals surface area contributed by atoms with Gasteiger partial charge >= 0.3 is 5.97 Å². The molecule has 1 heterocycles. The molecule has 0 saturated carbocycles. The van der Waals surface area contributed by atoms with E-state index in [2.05, 4.69) is 15.0 Å². The number of hydrogen-bond acceptors (Lipinski definition) is 4. The fourth-order valence-corrected chi connectivity index (χ4v) is 1.38. The number of carbonyl (C=O) groups is 1. The summed E-state index contributed by atoms with van der Waals surface area (Å²) in [5.41, 5.74) is 1.16. The van der Waals surface area contributed by atoms with Gasteiger partial charge < -0.3 is 4.74 Å². The second-order valence-corrected chi connectivity index (χ2v) is 3.49. The van der Waals surface area contributed by atoms with Crippen molar-refractivity contribution < 1.29 is 13.9 Å². The summed E-state index contributed by atoms with van der Waals surface area (Å²) in [7, 11) is 1.24. The van der Waals surface area contributed by atoms with Crippen molar-refractivity contribution in [3.63, 3.8) is 0 Å². The molecule has 2 rings (SSSR count). The lowest BCUT2D eigenvalue weighted by Gasteiger charge is -2.02. The van der Waals surface area contributed by atoms with Crippen molar-refractivity contribution in [2.75, 3.05) is 7.11 Å². The minimum atomic E-state index is -0.607. The van der Waals surface area contributed by atoms with Gasteiger partial charge in [-0.25, -0.2) is 13.9 Å². The van der Waals surface area contributed by atoms with Crippen LogP contribution in [0.4, 0.5) is 4.39 Å². The third-order valence-corrected chi connectivity index (χ3v) is 2.24. The highest BCUT2D eigenvalue weighted by Crippen LogP contribution is 2.14. The Hall–Kier alpha value is -2.24. The van der Waals surface area contributed by atoms with Crippen molar-refractivity contribution in [2.24, 2.45) is 0 Å². The van der Waals surface area contributed by atoms with Crippen LogP contribution in [-0.4, -0.2) is 28.1 Å². The maximum atomic E-state index is 13.5. The molecule has 0 aliphatic rings. The van der Waals surface area contributed by atoms with E-state index in [1.165, 1.54) is 24.1 Å². The molecule has 0 spiro atoms. The van der Waals surface area contributed by atoms with Gasteiger partial charge in [0.05, 0.1) is 13.3 Å². The van der Waals surface area contributed by atoms with Gasteiger partial charge in [0, 0.05) is 0 Å². The van der Waals surface area contributed by atoms with Gasteiger partial charge in [0.1, 0.15) is 11.5 Å². The van der Waals surface area contributed by atoms with E-state index in [9.17, 15) is 9.18 Å². The summed E-state index contributed by atoms with van der Waals surface area (Å²) in [6.07, 6.45) is 1.32. The van der Waals surface area contributed by atoms with Crippen LogP contribution in [-0.2, 0) is 4.74 Å². The van der Waals surface area contributed by atoms with Crippen LogP contribution >= 0.6 is 0 Å². The first kappa shape index (κ1) is 11.3. The predicted octanol–water partition coefficient (Wildman–Crippen LogP) is 1.50. The molecule has 1 aromatic carbocycles. The Morgan fingerprint density at radius 2 is 2.24 bits per heavy atom. The quantitative estimate of drug-likeness (QED) is 0.740. The molecule has 0 saturated heterocycles. The summed E-state index contributed by atoms with van der Waals surface area (Å²) in [6.45, 7) is 1.83. The van der Waals surface area contributed by atoms with Gasteiger partial charge in [0.2, 0.25) is 0 Å². The van der Waals surface area contributed by atoms with Crippen molar-refractivity contribution in [1.29, 1.82) is 0 Å². The summed E-state index contributed by atoms with van der Waals surface area (Å²) in [4.78, 5) is 11.2. The molecule has 5 nitrogen and oxygen atoms in total. The Morgan fingerprint density at radius 3 is 2.94 bits per heavy atom. The van der Waals surface area contributed by atoms with Crippen LogP contribution < -0.4 is 0 Å². The van der Waals surface area contributed by atoms with Gasteiger partial charge in [-0.1, -0.05) is 11.3 Å². The molecule has 88 valence electrons. The summed E-state index contributed by atoms with van der Waals surface area (Å²) in [6, 6.07) is 4.60. The molecule has 2 aromatic rings. The SMILES string of the molecule is COC(=O)c1cn(-c2cc(C)ccc2F)nn1. The lowest BCUT2D eigenvalue weighted by Crippen LogP contribution is -2.01. The molecule has 0 aliphatic carbocycles. The van der Waals surface area contributed by atoms with Crippen molar-refractivity contribution in [1.82, 2.24) is 15.0 Å². The maximum absolute atomic E-state index is 13.5. The van der Waals surface area contributed by atoms with Crippen molar-refractivity contribution in [3.05, 3.63) is 41.5 Å². The van der Waals surface area contributed by atoms with Gasteiger partial charge in [-0.2, -0.15) is 0 Å². The molecule has 0 amide bonds. The number of carbonyl (C=O) groups excluding carboxylic acids is 1. The van der Waals surface area contributed by atoms with Crippen LogP contribution in [0.3, 0.4) is 0 Å². The van der Waals surface area contributed by atoms with Crippen LogP contribution in [0.5, 0.6) is 0 Å². The number of ether oxygens (including phenoxy) is 1. The highest BCUT2D eigenvalue weighted by molar-refractivity contribution is 5.86. The number of nitrogens with zero attached hydrogens (tertiary/aromatic N) is 3. The van der Waals surface area contributed by atoms with Gasteiger partial charge in [-0.05, 0) is 24.6 Å². The van der Waals surface area contributed by atoms with Crippen molar-refractivity contribution in [3.8, 4) is 5.69 Å². The third kappa shape index (κ3) is 2.15. The van der Waals surface area contributed by atoms with Crippen molar-refractivity contribution >= 4 is 5.97 Å². The zero-order chi connectivity index (χ0) is 12.4. The van der Waals surface area contributed by atoms with Crippen molar-refractivity contribution in [2.45, 2.75) is 6.92 Å². The number of aromatic nitrogens is 3. The van der Waals surface area contributed by atoms with Gasteiger partial charge in [-0.3, -0.25) is 0 Å². The molecule has 0 N–H and O–H groups in total. The minimum absolute atomic E-state index is 0.0356. The van der Waals surface area contributed by atoms with Crippen LogP contribution in [0, 0.1) is 12.7 Å². The van der Waals surface area contributed by atoms with Gasteiger partial charge in [-0.15, -0.1) is 5.10 Å². The number of methoxy groups -OCH3 is 1. The number of benzene rings is 1. The van der Waals surface area contributed by atoms with E-state index in [-0.39, 0.29) is 11.4 Å². The number of hydrogen-bond donors (Lipinski definition) is 0. The molecule has 17 heavy (non-hydrogen) atoms. The Balaban J connectivity index is 2.43. The lowest BCUT2D eigenvalue weighted by atomic mass is 10.2. The van der Waals surface area contributed by atoms with E-state index in [0.717, 1.165) is 5.56 Å². The predicted molar refractivity (Wildman–Crippen MR) is 57.4 cm³/mol. The van der Waals surface area contributed by atoms with Crippen LogP contribution in [0.2, 0.25) is 0 Å². The molecule has 0 atom stereocenters. The molecule has 6 heteroatoms. The summed E-state index contributed by atoms with van der Waals surface area (Å²) in [5, 5.41) is 7.29. The summed E-state index contributed by atoms with van der Waals surface area (Å²) < 4.78 is 19.2. The zero-order valence-corrected chi connectivity index (χ0v) is 9.35. The topological polar surface area (TPSA) is 57.0 Å². The third-order valence-electron chi connectivity index (χ3n) is 2.24. The Labute approximate surface area is 96.8 Å². The highest BCUT2D eigenvalue weighted by Gasteiger charge is 2.13. The first-order chi connectivity index (χ1) is 8.11. The van der Waals surface area contributed by atoms with Crippen LogP contribution in [0.1, 0.15) is 16.1 Å². The average molecular weight is 235 g/mol. The van der Waals surface area contributed by atoms with E-state index in [1.54, 1.807) is 12.1 Å². The van der Waals surface area contributed by atoms with E-state index in [1.807, 2.05) is 6.92 Å². The van der Waals surface area contributed by atoms with E-state index in [0.29, 0.717) is 0 Å². The monoisotopic (exact) mass is 235 g/mol. The Bertz CT molecular complexity index is 566. The van der Waals surface area contributed by atoms with E-state index < -0.39 is 11.8 Å². The lowest BCUT2D eigenvalue weighted by molar-refractivity contribution is 0.0594. The standard InChI is InChI=1S/C11H10FN3O2/c1-7-3-4-8(12)10(5-7)15-6-9(13-14-15)11(16)17-2/h3-6H,1-2H3. The Kier molecular flexibility index (Phi) is 2.86. The second kappa shape index (κ2) is 4.32. The number of aryl methyl sites for hydroxylation is 1. The van der Waals surface area contributed by atoms with Crippen LogP contribution in [0.25, 0.3) is 5.69 Å². The molecule has 0 radical (unpaired) electrons. The average Bonchev–Trinajstić information content (AvgIpc) is 2.80. The smallest absolute Gasteiger partial charge is 0.360 e. The number of halogens is 1. The molecular formula is C11H10FN3O2. The fourth-order valence-electron chi connectivity index (χ4n) is 1.38. The summed E-state index contributed by atoms with van der Waals surface area (Å²) in [5.74, 6) is -1.04. The highest BCUT2D eigenvalue weighted by atomic mass is 19.1. The molecular weight excluding hydrogens is 225 g/mol. The molecule has 0 bridgehead atoms. The maximum Gasteiger partial charge on any atom is 0.360 e. The number of esters is 1. The first-order valence-corrected chi connectivity index (χ1v) is 4.89. The summed E-state index contributed by atoms with van der Waals surface area (Å²) >= 11 is 0. The van der Waals surface area contributed by atoms with Crippen LogP contribution in [0.15, 0.2) is 24.4 Å². The molecule has 0 aliphatic heterocycles. The second-order valence-electron chi connectivity index (χ2n) is 3.49.